The highest BCUT2D eigenvalue weighted by Gasteiger charge is 2.07. The van der Waals surface area contributed by atoms with Crippen molar-refractivity contribution in [2.45, 2.75) is 0 Å². The van der Waals surface area contributed by atoms with Gasteiger partial charge in [0.15, 0.2) is 0 Å². The summed E-state index contributed by atoms with van der Waals surface area (Å²) < 4.78 is 13.5. The van der Waals surface area contributed by atoms with E-state index in [2.05, 4.69) is 22.4 Å². The van der Waals surface area contributed by atoms with Crippen LogP contribution in [0.4, 0.5) is 4.39 Å². The van der Waals surface area contributed by atoms with Crippen LogP contribution in [0.25, 0.3) is 5.70 Å². The van der Waals surface area contributed by atoms with E-state index in [1.165, 1.54) is 18.5 Å². The van der Waals surface area contributed by atoms with Crippen LogP contribution in [0, 0.1) is 5.82 Å². The molecule has 0 unspecified atom stereocenters. The second kappa shape index (κ2) is 5.77. The summed E-state index contributed by atoms with van der Waals surface area (Å²) in [4.78, 5) is 15.5. The van der Waals surface area contributed by atoms with E-state index in [4.69, 9.17) is 0 Å². The lowest BCUT2D eigenvalue weighted by Crippen LogP contribution is -2.36. The van der Waals surface area contributed by atoms with Crippen LogP contribution >= 0.6 is 0 Å². The number of rotatable bonds is 4. The first-order chi connectivity index (χ1) is 9.18. The molecule has 0 atom stereocenters. The smallest absolute Gasteiger partial charge is 0.269 e. The maximum absolute atomic E-state index is 13.5. The number of hydrazine groups is 1. The predicted octanol–water partition coefficient (Wildman–Crippen LogP) is 2.13. The molecule has 96 valence electrons. The zero-order valence-electron chi connectivity index (χ0n) is 10.1. The number of carbonyl (C=O) groups excluding carboxylic acids is 1. The Bertz CT molecular complexity index is 599. The van der Waals surface area contributed by atoms with Gasteiger partial charge in [0.1, 0.15) is 5.82 Å². The molecule has 0 radical (unpaired) electrons. The number of nitrogens with one attached hydrogen (secondary N) is 2. The summed E-state index contributed by atoms with van der Waals surface area (Å²) >= 11 is 0. The van der Waals surface area contributed by atoms with Gasteiger partial charge in [-0.25, -0.2) is 4.39 Å². The standard InChI is InChI=1S/C14H12FN3O/c1-10(12-4-2-3-5-13(12)15)17-18-14(19)11-6-8-16-9-7-11/h2-9,17H,1H2,(H,18,19). The molecule has 1 amide bonds. The van der Waals surface area contributed by atoms with Gasteiger partial charge in [-0.05, 0) is 24.3 Å². The van der Waals surface area contributed by atoms with E-state index in [0.717, 1.165) is 0 Å². The molecular weight excluding hydrogens is 245 g/mol. The predicted molar refractivity (Wildman–Crippen MR) is 70.3 cm³/mol. The highest BCUT2D eigenvalue weighted by atomic mass is 19.1. The van der Waals surface area contributed by atoms with Crippen LogP contribution < -0.4 is 10.9 Å². The topological polar surface area (TPSA) is 54.0 Å². The second-order valence-electron chi connectivity index (χ2n) is 3.77. The van der Waals surface area contributed by atoms with Crippen molar-refractivity contribution >= 4 is 11.6 Å². The Morgan fingerprint density at radius 1 is 1.11 bits per heavy atom. The maximum Gasteiger partial charge on any atom is 0.269 e. The van der Waals surface area contributed by atoms with Crippen molar-refractivity contribution in [3.63, 3.8) is 0 Å². The zero-order valence-corrected chi connectivity index (χ0v) is 10.1. The molecule has 4 nitrogen and oxygen atoms in total. The number of hydrogen-bond donors (Lipinski definition) is 2. The van der Waals surface area contributed by atoms with E-state index in [-0.39, 0.29) is 11.6 Å². The fourth-order valence-corrected chi connectivity index (χ4v) is 1.48. The first-order valence-corrected chi connectivity index (χ1v) is 5.58. The molecule has 0 saturated carbocycles. The lowest BCUT2D eigenvalue weighted by molar-refractivity contribution is 0.0942. The van der Waals surface area contributed by atoms with Crippen LogP contribution in [0.2, 0.25) is 0 Å². The van der Waals surface area contributed by atoms with Crippen LogP contribution in [0.15, 0.2) is 55.4 Å². The molecule has 0 bridgehead atoms. The zero-order chi connectivity index (χ0) is 13.7. The van der Waals surface area contributed by atoms with Crippen molar-refractivity contribution in [2.75, 3.05) is 0 Å². The van der Waals surface area contributed by atoms with Gasteiger partial charge in [0.25, 0.3) is 5.91 Å². The van der Waals surface area contributed by atoms with E-state index in [0.29, 0.717) is 11.1 Å². The normalized spacial score (nSPS) is 9.74. The number of pyridine rings is 1. The molecule has 2 aromatic rings. The van der Waals surface area contributed by atoms with Crippen molar-refractivity contribution in [1.29, 1.82) is 0 Å². The minimum Gasteiger partial charge on any atom is -0.298 e. The summed E-state index contributed by atoms with van der Waals surface area (Å²) in [5, 5.41) is 0. The number of aromatic nitrogens is 1. The summed E-state index contributed by atoms with van der Waals surface area (Å²) in [6.45, 7) is 3.67. The third-order valence-corrected chi connectivity index (χ3v) is 2.47. The molecule has 1 aromatic heterocycles. The summed E-state index contributed by atoms with van der Waals surface area (Å²) in [6.07, 6.45) is 3.03. The largest absolute Gasteiger partial charge is 0.298 e. The Hall–Kier alpha value is -2.69. The monoisotopic (exact) mass is 257 g/mol. The van der Waals surface area contributed by atoms with Crippen molar-refractivity contribution in [1.82, 2.24) is 15.8 Å². The fraction of sp³-hybridized carbons (Fsp3) is 0. The van der Waals surface area contributed by atoms with E-state index >= 15 is 0 Å². The Balaban J connectivity index is 1.98. The van der Waals surface area contributed by atoms with Crippen molar-refractivity contribution in [3.8, 4) is 0 Å². The van der Waals surface area contributed by atoms with E-state index < -0.39 is 5.82 Å². The highest BCUT2D eigenvalue weighted by molar-refractivity contribution is 5.94. The molecule has 1 aromatic carbocycles. The number of halogens is 1. The van der Waals surface area contributed by atoms with Gasteiger partial charge >= 0.3 is 0 Å². The number of hydrogen-bond acceptors (Lipinski definition) is 3. The van der Waals surface area contributed by atoms with E-state index in [1.54, 1.807) is 30.3 Å². The molecule has 1 heterocycles. The minimum absolute atomic E-state index is 0.278. The van der Waals surface area contributed by atoms with Gasteiger partial charge in [0, 0.05) is 23.5 Å². The summed E-state index contributed by atoms with van der Waals surface area (Å²) in [7, 11) is 0. The third kappa shape index (κ3) is 3.16. The van der Waals surface area contributed by atoms with Gasteiger partial charge in [0.2, 0.25) is 0 Å². The van der Waals surface area contributed by atoms with Crippen molar-refractivity contribution in [2.24, 2.45) is 0 Å². The molecule has 2 rings (SSSR count). The van der Waals surface area contributed by atoms with E-state index in [9.17, 15) is 9.18 Å². The van der Waals surface area contributed by atoms with Gasteiger partial charge in [-0.2, -0.15) is 0 Å². The van der Waals surface area contributed by atoms with Gasteiger partial charge in [-0.15, -0.1) is 0 Å². The first-order valence-electron chi connectivity index (χ1n) is 5.58. The Kier molecular flexibility index (Phi) is 3.87. The lowest BCUT2D eigenvalue weighted by Gasteiger charge is -2.11. The molecule has 5 heteroatoms. The Morgan fingerprint density at radius 2 is 1.79 bits per heavy atom. The molecule has 0 spiro atoms. The van der Waals surface area contributed by atoms with Gasteiger partial charge < -0.3 is 0 Å². The summed E-state index contributed by atoms with van der Waals surface area (Å²) in [5.41, 5.74) is 6.05. The lowest BCUT2D eigenvalue weighted by atomic mass is 10.2. The van der Waals surface area contributed by atoms with E-state index in [1.807, 2.05) is 0 Å². The highest BCUT2D eigenvalue weighted by Crippen LogP contribution is 2.12. The fourth-order valence-electron chi connectivity index (χ4n) is 1.48. The third-order valence-electron chi connectivity index (χ3n) is 2.47. The number of amides is 1. The van der Waals surface area contributed by atoms with Crippen LogP contribution in [0.1, 0.15) is 15.9 Å². The molecule has 19 heavy (non-hydrogen) atoms. The molecule has 2 N–H and O–H groups in total. The number of nitrogens with zero attached hydrogens (tertiary/aromatic N) is 1. The average Bonchev–Trinajstić information content (AvgIpc) is 2.46. The molecule has 0 fully saturated rings. The molecule has 0 aliphatic rings. The number of benzene rings is 1. The summed E-state index contributed by atoms with van der Waals surface area (Å²) in [6, 6.07) is 9.32. The molecular formula is C14H12FN3O. The first kappa shape index (κ1) is 12.8. The van der Waals surface area contributed by atoms with Gasteiger partial charge in [0.05, 0.1) is 5.70 Å². The summed E-state index contributed by atoms with van der Waals surface area (Å²) in [5.74, 6) is -0.752. The van der Waals surface area contributed by atoms with Crippen LogP contribution in [-0.2, 0) is 0 Å². The number of carbonyl (C=O) groups is 1. The SMILES string of the molecule is C=C(NNC(=O)c1ccncc1)c1ccccc1F. The van der Waals surface area contributed by atoms with Crippen LogP contribution in [-0.4, -0.2) is 10.9 Å². The minimum atomic E-state index is -0.404. The van der Waals surface area contributed by atoms with Gasteiger partial charge in [-0.3, -0.25) is 20.6 Å². The Morgan fingerprint density at radius 3 is 2.47 bits per heavy atom. The molecule has 0 aliphatic heterocycles. The maximum atomic E-state index is 13.5. The van der Waals surface area contributed by atoms with Crippen molar-refractivity contribution in [3.05, 3.63) is 72.3 Å². The van der Waals surface area contributed by atoms with Gasteiger partial charge in [-0.1, -0.05) is 18.7 Å². The average molecular weight is 257 g/mol. The quantitative estimate of drug-likeness (QED) is 0.825. The second-order valence-corrected chi connectivity index (χ2v) is 3.77. The van der Waals surface area contributed by atoms with Crippen LogP contribution in [0.3, 0.4) is 0 Å². The molecule has 0 aliphatic carbocycles. The Labute approximate surface area is 110 Å². The van der Waals surface area contributed by atoms with Crippen LogP contribution in [0.5, 0.6) is 0 Å². The van der Waals surface area contributed by atoms with Crippen molar-refractivity contribution < 1.29 is 9.18 Å². The molecule has 0 saturated heterocycles.